The molecular weight excluding hydrogens is 210 g/mol. The third-order valence-corrected chi connectivity index (χ3v) is 2.80. The van der Waals surface area contributed by atoms with Crippen molar-refractivity contribution < 1.29 is 0 Å². The molecule has 2 heterocycles. The van der Waals surface area contributed by atoms with Gasteiger partial charge in [0.25, 0.3) is 0 Å². The Bertz CT molecular complexity index is 529. The molecule has 1 aliphatic rings. The zero-order valence-electron chi connectivity index (χ0n) is 10.5. The van der Waals surface area contributed by atoms with Crippen molar-refractivity contribution in [2.24, 2.45) is 7.05 Å². The zero-order valence-corrected chi connectivity index (χ0v) is 10.5. The quantitative estimate of drug-likeness (QED) is 0.774. The van der Waals surface area contributed by atoms with Gasteiger partial charge in [-0.3, -0.25) is 4.68 Å². The van der Waals surface area contributed by atoms with Gasteiger partial charge in [0, 0.05) is 31.2 Å². The Morgan fingerprint density at radius 1 is 1.41 bits per heavy atom. The van der Waals surface area contributed by atoms with Gasteiger partial charge in [-0.15, -0.1) is 0 Å². The SMILES string of the molecule is C=CN1C=C(C)C=C/C1=C(/C)c1ccn(C)n1. The summed E-state index contributed by atoms with van der Waals surface area (Å²) in [5, 5.41) is 4.42. The molecule has 0 radical (unpaired) electrons. The van der Waals surface area contributed by atoms with E-state index in [4.69, 9.17) is 0 Å². The van der Waals surface area contributed by atoms with Crippen LogP contribution in [0.25, 0.3) is 5.57 Å². The lowest BCUT2D eigenvalue weighted by atomic mass is 10.1. The van der Waals surface area contributed by atoms with Crippen molar-refractivity contribution >= 4 is 5.57 Å². The van der Waals surface area contributed by atoms with Crippen LogP contribution in [0, 0.1) is 0 Å². The summed E-state index contributed by atoms with van der Waals surface area (Å²) < 4.78 is 1.81. The number of allylic oxidation sites excluding steroid dienone is 4. The summed E-state index contributed by atoms with van der Waals surface area (Å²) in [5.74, 6) is 0. The normalized spacial score (nSPS) is 18.1. The molecule has 0 N–H and O–H groups in total. The van der Waals surface area contributed by atoms with Crippen LogP contribution in [0.15, 0.2) is 54.7 Å². The molecule has 0 spiro atoms. The summed E-state index contributed by atoms with van der Waals surface area (Å²) in [6.45, 7) is 7.98. The van der Waals surface area contributed by atoms with Crippen molar-refractivity contribution in [3.8, 4) is 0 Å². The standard InChI is InChI=1S/C14H17N3/c1-5-17-10-11(2)6-7-14(17)12(3)13-8-9-16(4)15-13/h5-10H,1H2,2-4H3/b14-12+. The van der Waals surface area contributed by atoms with Crippen LogP contribution in [0.1, 0.15) is 19.5 Å². The molecule has 3 heteroatoms. The number of hydrogen-bond acceptors (Lipinski definition) is 2. The van der Waals surface area contributed by atoms with Gasteiger partial charge in [0.1, 0.15) is 0 Å². The predicted octanol–water partition coefficient (Wildman–Crippen LogP) is 3.07. The third kappa shape index (κ3) is 2.23. The molecular formula is C14H17N3. The van der Waals surface area contributed by atoms with Crippen molar-refractivity contribution in [2.45, 2.75) is 13.8 Å². The van der Waals surface area contributed by atoms with Crippen LogP contribution in [0.5, 0.6) is 0 Å². The molecule has 2 rings (SSSR count). The van der Waals surface area contributed by atoms with Gasteiger partial charge in [0.2, 0.25) is 0 Å². The van der Waals surface area contributed by atoms with Gasteiger partial charge in [-0.2, -0.15) is 5.10 Å². The average Bonchev–Trinajstić information content (AvgIpc) is 2.75. The molecule has 0 unspecified atom stereocenters. The van der Waals surface area contributed by atoms with Crippen LogP contribution >= 0.6 is 0 Å². The molecule has 1 aliphatic heterocycles. The summed E-state index contributed by atoms with van der Waals surface area (Å²) in [5.41, 5.74) is 4.46. The summed E-state index contributed by atoms with van der Waals surface area (Å²) >= 11 is 0. The zero-order chi connectivity index (χ0) is 12.4. The fourth-order valence-electron chi connectivity index (χ4n) is 1.84. The maximum absolute atomic E-state index is 4.42. The van der Waals surface area contributed by atoms with E-state index >= 15 is 0 Å². The van der Waals surface area contributed by atoms with E-state index in [1.54, 1.807) is 0 Å². The highest BCUT2D eigenvalue weighted by Gasteiger charge is 2.11. The second-order valence-corrected chi connectivity index (χ2v) is 4.18. The predicted molar refractivity (Wildman–Crippen MR) is 70.7 cm³/mol. The lowest BCUT2D eigenvalue weighted by Crippen LogP contribution is -2.12. The topological polar surface area (TPSA) is 21.1 Å². The third-order valence-electron chi connectivity index (χ3n) is 2.80. The molecule has 0 bridgehead atoms. The van der Waals surface area contributed by atoms with Crippen LogP contribution in [0.2, 0.25) is 0 Å². The molecule has 0 fully saturated rings. The van der Waals surface area contributed by atoms with Crippen molar-refractivity contribution in [1.29, 1.82) is 0 Å². The first-order chi connectivity index (χ1) is 8.11. The maximum Gasteiger partial charge on any atom is 0.0900 e. The van der Waals surface area contributed by atoms with E-state index in [0.717, 1.165) is 17.0 Å². The van der Waals surface area contributed by atoms with Gasteiger partial charge in [-0.1, -0.05) is 12.7 Å². The largest absolute Gasteiger partial charge is 0.324 e. The second-order valence-electron chi connectivity index (χ2n) is 4.18. The van der Waals surface area contributed by atoms with Crippen LogP contribution < -0.4 is 0 Å². The highest BCUT2D eigenvalue weighted by atomic mass is 15.2. The number of aryl methyl sites for hydroxylation is 1. The molecule has 0 amide bonds. The molecule has 0 saturated carbocycles. The van der Waals surface area contributed by atoms with E-state index in [1.165, 1.54) is 5.57 Å². The molecule has 0 saturated heterocycles. The molecule has 1 aromatic heterocycles. The first-order valence-electron chi connectivity index (χ1n) is 5.60. The number of nitrogens with zero attached hydrogens (tertiary/aromatic N) is 3. The van der Waals surface area contributed by atoms with E-state index in [0.29, 0.717) is 0 Å². The van der Waals surface area contributed by atoms with Gasteiger partial charge in [0.05, 0.1) is 11.4 Å². The first-order valence-corrected chi connectivity index (χ1v) is 5.60. The number of hydrogen-bond donors (Lipinski definition) is 0. The van der Waals surface area contributed by atoms with Crippen molar-refractivity contribution in [3.05, 3.63) is 60.4 Å². The summed E-state index contributed by atoms with van der Waals surface area (Å²) in [6.07, 6.45) is 10.0. The molecule has 0 aliphatic carbocycles. The average molecular weight is 227 g/mol. The fourth-order valence-corrected chi connectivity index (χ4v) is 1.84. The van der Waals surface area contributed by atoms with E-state index in [9.17, 15) is 0 Å². The summed E-state index contributed by atoms with van der Waals surface area (Å²) in [4.78, 5) is 2.03. The van der Waals surface area contributed by atoms with Crippen molar-refractivity contribution in [2.75, 3.05) is 0 Å². The van der Waals surface area contributed by atoms with E-state index in [1.807, 2.05) is 35.1 Å². The molecule has 0 atom stereocenters. The van der Waals surface area contributed by atoms with Gasteiger partial charge in [-0.25, -0.2) is 0 Å². The lowest BCUT2D eigenvalue weighted by Gasteiger charge is -2.22. The minimum atomic E-state index is 0.993. The molecule has 1 aromatic rings. The Morgan fingerprint density at radius 2 is 2.18 bits per heavy atom. The number of aromatic nitrogens is 2. The van der Waals surface area contributed by atoms with Crippen LogP contribution in [0.4, 0.5) is 0 Å². The summed E-state index contributed by atoms with van der Waals surface area (Å²) in [7, 11) is 1.92. The molecule has 0 aromatic carbocycles. The van der Waals surface area contributed by atoms with Gasteiger partial charge in [0.15, 0.2) is 0 Å². The Labute approximate surface area is 102 Å². The van der Waals surface area contributed by atoms with Crippen LogP contribution in [0.3, 0.4) is 0 Å². The second kappa shape index (κ2) is 4.45. The Morgan fingerprint density at radius 3 is 2.76 bits per heavy atom. The van der Waals surface area contributed by atoms with Gasteiger partial charge in [-0.05, 0) is 31.6 Å². The number of rotatable bonds is 2. The van der Waals surface area contributed by atoms with Crippen LogP contribution in [-0.4, -0.2) is 14.7 Å². The Balaban J connectivity index is 2.44. The smallest absolute Gasteiger partial charge is 0.0900 e. The molecule has 17 heavy (non-hydrogen) atoms. The van der Waals surface area contributed by atoms with Crippen molar-refractivity contribution in [1.82, 2.24) is 14.7 Å². The Hall–Kier alpha value is -2.03. The first kappa shape index (κ1) is 11.5. The van der Waals surface area contributed by atoms with Gasteiger partial charge < -0.3 is 4.90 Å². The van der Waals surface area contributed by atoms with E-state index in [2.05, 4.69) is 43.9 Å². The monoisotopic (exact) mass is 227 g/mol. The highest BCUT2D eigenvalue weighted by molar-refractivity contribution is 5.67. The van der Waals surface area contributed by atoms with Crippen molar-refractivity contribution in [3.63, 3.8) is 0 Å². The minimum Gasteiger partial charge on any atom is -0.324 e. The highest BCUT2D eigenvalue weighted by Crippen LogP contribution is 2.25. The molecule has 88 valence electrons. The lowest BCUT2D eigenvalue weighted by molar-refractivity contribution is 0.642. The minimum absolute atomic E-state index is 0.993. The maximum atomic E-state index is 4.42. The van der Waals surface area contributed by atoms with Gasteiger partial charge >= 0.3 is 0 Å². The molecule has 3 nitrogen and oxygen atoms in total. The fraction of sp³-hybridized carbons (Fsp3) is 0.214. The Kier molecular flexibility index (Phi) is 3.00. The summed E-state index contributed by atoms with van der Waals surface area (Å²) in [6, 6.07) is 2.02. The van der Waals surface area contributed by atoms with E-state index < -0.39 is 0 Å². The van der Waals surface area contributed by atoms with Crippen LogP contribution in [-0.2, 0) is 7.05 Å². The van der Waals surface area contributed by atoms with E-state index in [-0.39, 0.29) is 0 Å².